The minimum absolute atomic E-state index is 0.0169. The average molecular weight is 469 g/mol. The molecule has 1 aliphatic rings. The van der Waals surface area contributed by atoms with Crippen LogP contribution < -0.4 is 20.1 Å². The number of rotatable bonds is 7. The number of imide groups is 1. The molecule has 0 aliphatic carbocycles. The number of amides is 4. The lowest BCUT2D eigenvalue weighted by Gasteiger charge is -2.30. The summed E-state index contributed by atoms with van der Waals surface area (Å²) in [7, 11) is 2.61. The normalized spacial score (nSPS) is 18.2. The SMILES string of the molecule is COc1ccc(C(=O)N[C@@]2(C(F)(F)F)NC(=O)N(CCc3ccc(F)cc3)C2=O)cc1OC. The minimum atomic E-state index is -5.35. The molecule has 0 bridgehead atoms. The third-order valence-electron chi connectivity index (χ3n) is 5.01. The number of methoxy groups -OCH3 is 2. The van der Waals surface area contributed by atoms with E-state index in [4.69, 9.17) is 9.47 Å². The van der Waals surface area contributed by atoms with E-state index in [1.165, 1.54) is 38.5 Å². The highest BCUT2D eigenvalue weighted by Crippen LogP contribution is 2.35. The lowest BCUT2D eigenvalue weighted by atomic mass is 10.1. The van der Waals surface area contributed by atoms with Gasteiger partial charge < -0.3 is 14.8 Å². The summed E-state index contributed by atoms with van der Waals surface area (Å²) >= 11 is 0. The monoisotopic (exact) mass is 469 g/mol. The van der Waals surface area contributed by atoms with Crippen LogP contribution in [0.25, 0.3) is 0 Å². The summed E-state index contributed by atoms with van der Waals surface area (Å²) in [6.45, 7) is -0.416. The van der Waals surface area contributed by atoms with E-state index in [0.29, 0.717) is 10.5 Å². The maximum Gasteiger partial charge on any atom is 0.440 e. The first-order chi connectivity index (χ1) is 15.5. The first kappa shape index (κ1) is 23.8. The number of halogens is 4. The molecule has 176 valence electrons. The highest BCUT2D eigenvalue weighted by molar-refractivity contribution is 6.10. The van der Waals surface area contributed by atoms with E-state index in [1.54, 1.807) is 10.6 Å². The molecule has 0 radical (unpaired) electrons. The number of carbonyl (C=O) groups excluding carboxylic acids is 3. The molecule has 4 amide bonds. The predicted octanol–water partition coefficient (Wildman–Crippen LogP) is 2.63. The van der Waals surface area contributed by atoms with Crippen LogP contribution in [0.15, 0.2) is 42.5 Å². The molecule has 33 heavy (non-hydrogen) atoms. The molecule has 1 heterocycles. The van der Waals surface area contributed by atoms with Gasteiger partial charge in [0.25, 0.3) is 17.5 Å². The van der Waals surface area contributed by atoms with Crippen molar-refractivity contribution in [1.82, 2.24) is 15.5 Å². The van der Waals surface area contributed by atoms with Crippen molar-refractivity contribution in [2.75, 3.05) is 20.8 Å². The van der Waals surface area contributed by atoms with Gasteiger partial charge in [-0.25, -0.2) is 9.18 Å². The molecular formula is C21H19F4N3O5. The molecule has 12 heteroatoms. The second-order valence-electron chi connectivity index (χ2n) is 7.04. The number of hydrogen-bond donors (Lipinski definition) is 2. The molecule has 0 spiro atoms. The highest BCUT2D eigenvalue weighted by atomic mass is 19.4. The van der Waals surface area contributed by atoms with Gasteiger partial charge in [0.15, 0.2) is 11.5 Å². The Kier molecular flexibility index (Phi) is 6.47. The Bertz CT molecular complexity index is 1070. The molecule has 0 aromatic heterocycles. The molecule has 3 rings (SSSR count). The summed E-state index contributed by atoms with van der Waals surface area (Å²) in [5, 5.41) is 3.19. The van der Waals surface area contributed by atoms with Crippen molar-refractivity contribution in [2.24, 2.45) is 0 Å². The first-order valence-corrected chi connectivity index (χ1v) is 9.52. The van der Waals surface area contributed by atoms with Crippen LogP contribution in [0, 0.1) is 5.82 Å². The Morgan fingerprint density at radius 2 is 1.70 bits per heavy atom. The van der Waals surface area contributed by atoms with Crippen molar-refractivity contribution in [2.45, 2.75) is 18.3 Å². The number of benzene rings is 2. The van der Waals surface area contributed by atoms with Gasteiger partial charge in [0.05, 0.1) is 14.2 Å². The van der Waals surface area contributed by atoms with Gasteiger partial charge in [0, 0.05) is 12.1 Å². The number of alkyl halides is 3. The summed E-state index contributed by atoms with van der Waals surface area (Å²) in [5.74, 6) is -3.16. The van der Waals surface area contributed by atoms with Crippen LogP contribution in [0.2, 0.25) is 0 Å². The molecule has 2 aromatic carbocycles. The zero-order valence-corrected chi connectivity index (χ0v) is 17.5. The standard InChI is InChI=1S/C21H19F4N3O5/c1-32-15-8-5-13(11-16(15)33-2)17(29)26-20(21(23,24)25)18(30)28(19(31)27-20)10-9-12-3-6-14(22)7-4-12/h3-8,11H,9-10H2,1-2H3,(H,26,29)(H,27,31)/t20-/m1/s1. The largest absolute Gasteiger partial charge is 0.493 e. The van der Waals surface area contributed by atoms with E-state index < -0.39 is 42.0 Å². The van der Waals surface area contributed by atoms with Gasteiger partial charge in [0.1, 0.15) is 5.82 Å². The number of urea groups is 1. The van der Waals surface area contributed by atoms with Crippen molar-refractivity contribution < 1.29 is 41.4 Å². The van der Waals surface area contributed by atoms with Crippen LogP contribution in [-0.4, -0.2) is 55.3 Å². The fraction of sp³-hybridized carbons (Fsp3) is 0.286. The lowest BCUT2D eigenvalue weighted by Crippen LogP contribution is -2.69. The number of ether oxygens (including phenoxy) is 2. The van der Waals surface area contributed by atoms with E-state index in [2.05, 4.69) is 0 Å². The van der Waals surface area contributed by atoms with E-state index in [9.17, 15) is 31.9 Å². The molecule has 0 saturated carbocycles. The summed E-state index contributed by atoms with van der Waals surface area (Å²) in [5.41, 5.74) is -3.42. The maximum absolute atomic E-state index is 14.0. The van der Waals surface area contributed by atoms with E-state index in [0.717, 1.165) is 18.2 Å². The Morgan fingerprint density at radius 3 is 2.27 bits per heavy atom. The summed E-state index contributed by atoms with van der Waals surface area (Å²) < 4.78 is 65.1. The third kappa shape index (κ3) is 4.54. The van der Waals surface area contributed by atoms with Gasteiger partial charge in [-0.2, -0.15) is 13.2 Å². The van der Waals surface area contributed by atoms with E-state index >= 15 is 0 Å². The Balaban J connectivity index is 1.85. The molecule has 1 saturated heterocycles. The van der Waals surface area contributed by atoms with Crippen LogP contribution >= 0.6 is 0 Å². The van der Waals surface area contributed by atoms with Crippen molar-refractivity contribution >= 4 is 17.8 Å². The smallest absolute Gasteiger partial charge is 0.440 e. The summed E-state index contributed by atoms with van der Waals surface area (Å²) in [6, 6.07) is 7.33. The van der Waals surface area contributed by atoms with Crippen molar-refractivity contribution in [1.29, 1.82) is 0 Å². The fourth-order valence-corrected chi connectivity index (χ4v) is 3.24. The van der Waals surface area contributed by atoms with Gasteiger partial charge in [-0.05, 0) is 42.3 Å². The van der Waals surface area contributed by atoms with Gasteiger partial charge in [-0.3, -0.25) is 19.8 Å². The Morgan fingerprint density at radius 1 is 1.06 bits per heavy atom. The van der Waals surface area contributed by atoms with Crippen LogP contribution in [0.1, 0.15) is 15.9 Å². The van der Waals surface area contributed by atoms with Crippen molar-refractivity contribution in [3.63, 3.8) is 0 Å². The van der Waals surface area contributed by atoms with Crippen LogP contribution in [0.5, 0.6) is 11.5 Å². The first-order valence-electron chi connectivity index (χ1n) is 9.52. The molecule has 2 N–H and O–H groups in total. The van der Waals surface area contributed by atoms with Gasteiger partial charge in [-0.1, -0.05) is 12.1 Å². The van der Waals surface area contributed by atoms with E-state index in [-0.39, 0.29) is 23.5 Å². The maximum atomic E-state index is 14.0. The van der Waals surface area contributed by atoms with Gasteiger partial charge >= 0.3 is 12.2 Å². The van der Waals surface area contributed by atoms with Crippen LogP contribution in [-0.2, 0) is 11.2 Å². The molecule has 1 aliphatic heterocycles. The molecule has 2 aromatic rings. The van der Waals surface area contributed by atoms with E-state index in [1.807, 2.05) is 0 Å². The second kappa shape index (κ2) is 8.96. The highest BCUT2D eigenvalue weighted by Gasteiger charge is 2.68. The molecule has 1 fully saturated rings. The van der Waals surface area contributed by atoms with Crippen molar-refractivity contribution in [3.05, 3.63) is 59.4 Å². The Hall–Kier alpha value is -3.83. The second-order valence-corrected chi connectivity index (χ2v) is 7.04. The quantitative estimate of drug-likeness (QED) is 0.480. The zero-order chi connectivity index (χ0) is 24.4. The minimum Gasteiger partial charge on any atom is -0.493 e. The zero-order valence-electron chi connectivity index (χ0n) is 17.5. The van der Waals surface area contributed by atoms with Gasteiger partial charge in [-0.15, -0.1) is 0 Å². The number of nitrogens with one attached hydrogen (secondary N) is 2. The number of carbonyl (C=O) groups is 3. The fourth-order valence-electron chi connectivity index (χ4n) is 3.24. The Labute approximate surface area is 185 Å². The summed E-state index contributed by atoms with van der Waals surface area (Å²) in [6.07, 6.45) is -5.37. The molecular weight excluding hydrogens is 450 g/mol. The van der Waals surface area contributed by atoms with Crippen LogP contribution in [0.4, 0.5) is 22.4 Å². The average Bonchev–Trinajstić information content (AvgIpc) is 3.02. The third-order valence-corrected chi connectivity index (χ3v) is 5.01. The van der Waals surface area contributed by atoms with Gasteiger partial charge in [0.2, 0.25) is 0 Å². The number of nitrogens with zero attached hydrogens (tertiary/aromatic N) is 1. The predicted molar refractivity (Wildman–Crippen MR) is 106 cm³/mol. The van der Waals surface area contributed by atoms with Crippen LogP contribution in [0.3, 0.4) is 0 Å². The lowest BCUT2D eigenvalue weighted by molar-refractivity contribution is -0.200. The van der Waals surface area contributed by atoms with Crippen molar-refractivity contribution in [3.8, 4) is 11.5 Å². The topological polar surface area (TPSA) is 97.0 Å². The molecule has 1 atom stereocenters. The number of hydrogen-bond acceptors (Lipinski definition) is 5. The summed E-state index contributed by atoms with van der Waals surface area (Å²) in [4.78, 5) is 38.0. The molecule has 8 nitrogen and oxygen atoms in total. The molecule has 0 unspecified atom stereocenters.